The van der Waals surface area contributed by atoms with Crippen LogP contribution in [-0.4, -0.2) is 47.2 Å². The summed E-state index contributed by atoms with van der Waals surface area (Å²) in [5.74, 6) is -0.326. The highest BCUT2D eigenvalue weighted by molar-refractivity contribution is 6.35. The zero-order valence-corrected chi connectivity index (χ0v) is 18.9. The molecule has 1 saturated heterocycles. The molecule has 0 saturated carbocycles. The van der Waals surface area contributed by atoms with Gasteiger partial charge in [0.1, 0.15) is 0 Å². The second kappa shape index (κ2) is 9.02. The largest absolute Gasteiger partial charge is 0.358 e. The van der Waals surface area contributed by atoms with Crippen LogP contribution in [-0.2, 0) is 4.79 Å². The number of H-pyrrole nitrogens is 1. The summed E-state index contributed by atoms with van der Waals surface area (Å²) in [5, 5.41) is 5.79. The van der Waals surface area contributed by atoms with Crippen LogP contribution in [0.25, 0.3) is 11.6 Å². The van der Waals surface area contributed by atoms with E-state index >= 15 is 0 Å². The molecule has 3 N–H and O–H groups in total. The second-order valence-electron chi connectivity index (χ2n) is 8.54. The number of rotatable bonds is 5. The van der Waals surface area contributed by atoms with Gasteiger partial charge in [0.25, 0.3) is 17.7 Å². The van der Waals surface area contributed by atoms with Gasteiger partial charge in [0.2, 0.25) is 0 Å². The number of piperidine rings is 1. The first-order valence-electron chi connectivity index (χ1n) is 11.3. The van der Waals surface area contributed by atoms with Crippen molar-refractivity contribution < 1.29 is 14.4 Å². The van der Waals surface area contributed by atoms with Crippen LogP contribution in [0.15, 0.2) is 18.2 Å². The van der Waals surface area contributed by atoms with E-state index in [9.17, 15) is 14.4 Å². The van der Waals surface area contributed by atoms with Crippen molar-refractivity contribution in [1.82, 2.24) is 15.2 Å². The molecule has 3 heterocycles. The van der Waals surface area contributed by atoms with Crippen molar-refractivity contribution in [3.63, 3.8) is 0 Å². The van der Waals surface area contributed by atoms with Gasteiger partial charge in [-0.25, -0.2) is 0 Å². The number of hydrogen-bond acceptors (Lipinski definition) is 3. The average Bonchev–Trinajstić information content (AvgIpc) is 3.26. The second-order valence-corrected chi connectivity index (χ2v) is 8.54. The SMILES string of the molecule is CCCNC(=O)c1c(C)[nH]c(C=C2C(=O)Nc3ccc(C(=O)N4CCCCC4)cc32)c1C. The summed E-state index contributed by atoms with van der Waals surface area (Å²) < 4.78 is 0. The van der Waals surface area contributed by atoms with E-state index in [0.29, 0.717) is 34.5 Å². The minimum absolute atomic E-state index is 0.00739. The Morgan fingerprint density at radius 1 is 1.16 bits per heavy atom. The first-order valence-corrected chi connectivity index (χ1v) is 11.3. The number of likely N-dealkylation sites (tertiary alicyclic amines) is 1. The molecular weight excluding hydrogens is 404 g/mol. The molecular formula is C25H30N4O3. The smallest absolute Gasteiger partial charge is 0.256 e. The highest BCUT2D eigenvalue weighted by Crippen LogP contribution is 2.35. The van der Waals surface area contributed by atoms with Crippen molar-refractivity contribution in [3.8, 4) is 0 Å². The lowest BCUT2D eigenvalue weighted by atomic mass is 10.0. The van der Waals surface area contributed by atoms with Crippen molar-refractivity contribution in [3.05, 3.63) is 51.8 Å². The number of carbonyl (C=O) groups is 3. The quantitative estimate of drug-likeness (QED) is 0.623. The number of aryl methyl sites for hydroxylation is 1. The number of nitrogens with one attached hydrogen (secondary N) is 3. The van der Waals surface area contributed by atoms with E-state index in [1.165, 1.54) is 0 Å². The Kier molecular flexibility index (Phi) is 6.17. The number of amides is 3. The van der Waals surface area contributed by atoms with Gasteiger partial charge in [0.05, 0.1) is 11.1 Å². The topological polar surface area (TPSA) is 94.3 Å². The summed E-state index contributed by atoms with van der Waals surface area (Å²) in [6, 6.07) is 5.37. The van der Waals surface area contributed by atoms with Crippen LogP contribution in [0, 0.1) is 13.8 Å². The molecule has 7 nitrogen and oxygen atoms in total. The van der Waals surface area contributed by atoms with Gasteiger partial charge in [0.15, 0.2) is 0 Å². The van der Waals surface area contributed by atoms with Gasteiger partial charge in [-0.15, -0.1) is 0 Å². The molecule has 0 spiro atoms. The minimum Gasteiger partial charge on any atom is -0.358 e. The average molecular weight is 435 g/mol. The lowest BCUT2D eigenvalue weighted by molar-refractivity contribution is -0.110. The fourth-order valence-corrected chi connectivity index (χ4v) is 4.47. The molecule has 0 radical (unpaired) electrons. The third-order valence-electron chi connectivity index (χ3n) is 6.22. The van der Waals surface area contributed by atoms with Crippen LogP contribution in [0.2, 0.25) is 0 Å². The van der Waals surface area contributed by atoms with Gasteiger partial charge in [-0.05, 0) is 69.4 Å². The predicted molar refractivity (Wildman–Crippen MR) is 126 cm³/mol. The van der Waals surface area contributed by atoms with Crippen LogP contribution < -0.4 is 10.6 Å². The Morgan fingerprint density at radius 3 is 2.62 bits per heavy atom. The summed E-state index contributed by atoms with van der Waals surface area (Å²) >= 11 is 0. The van der Waals surface area contributed by atoms with Crippen LogP contribution in [0.3, 0.4) is 0 Å². The fourth-order valence-electron chi connectivity index (χ4n) is 4.47. The standard InChI is InChI=1S/C25H30N4O3/c1-4-10-26-24(31)22-15(2)21(27-16(22)3)14-19-18-13-17(8-9-20(18)28-23(19)30)25(32)29-11-6-5-7-12-29/h8-9,13-14,27H,4-7,10-12H2,1-3H3,(H,26,31)(H,28,30). The van der Waals surface area contributed by atoms with E-state index in [4.69, 9.17) is 0 Å². The highest BCUT2D eigenvalue weighted by atomic mass is 16.2. The van der Waals surface area contributed by atoms with E-state index in [2.05, 4.69) is 15.6 Å². The van der Waals surface area contributed by atoms with Crippen molar-refractivity contribution >= 4 is 35.1 Å². The molecule has 4 rings (SSSR count). The van der Waals surface area contributed by atoms with Crippen molar-refractivity contribution in [1.29, 1.82) is 0 Å². The number of aromatic amines is 1. The first-order chi connectivity index (χ1) is 15.4. The van der Waals surface area contributed by atoms with Gasteiger partial charge in [0, 0.05) is 47.8 Å². The Balaban J connectivity index is 1.67. The van der Waals surface area contributed by atoms with Crippen LogP contribution in [0.5, 0.6) is 0 Å². The Bertz CT molecular complexity index is 1110. The molecule has 7 heteroatoms. The number of aromatic nitrogens is 1. The van der Waals surface area contributed by atoms with Crippen LogP contribution in [0.4, 0.5) is 5.69 Å². The lowest BCUT2D eigenvalue weighted by Crippen LogP contribution is -2.35. The molecule has 168 valence electrons. The zero-order chi connectivity index (χ0) is 22.8. The van der Waals surface area contributed by atoms with Gasteiger partial charge < -0.3 is 20.5 Å². The molecule has 32 heavy (non-hydrogen) atoms. The highest BCUT2D eigenvalue weighted by Gasteiger charge is 2.28. The molecule has 2 aliphatic heterocycles. The van der Waals surface area contributed by atoms with E-state index in [1.54, 1.807) is 24.3 Å². The number of anilines is 1. The van der Waals surface area contributed by atoms with Crippen LogP contribution in [0.1, 0.15) is 75.8 Å². The number of hydrogen-bond donors (Lipinski definition) is 3. The zero-order valence-electron chi connectivity index (χ0n) is 18.9. The van der Waals surface area contributed by atoms with Gasteiger partial charge in [-0.2, -0.15) is 0 Å². The predicted octanol–water partition coefficient (Wildman–Crippen LogP) is 3.89. The summed E-state index contributed by atoms with van der Waals surface area (Å²) in [6.45, 7) is 7.91. The molecule has 3 amide bonds. The Morgan fingerprint density at radius 2 is 1.91 bits per heavy atom. The molecule has 0 unspecified atom stereocenters. The number of benzene rings is 1. The molecule has 0 bridgehead atoms. The number of nitrogens with zero attached hydrogens (tertiary/aromatic N) is 1. The normalized spacial score (nSPS) is 16.8. The summed E-state index contributed by atoms with van der Waals surface area (Å²) in [4.78, 5) is 43.4. The maximum absolute atomic E-state index is 13.0. The number of carbonyl (C=O) groups excluding carboxylic acids is 3. The lowest BCUT2D eigenvalue weighted by Gasteiger charge is -2.26. The maximum Gasteiger partial charge on any atom is 0.256 e. The number of fused-ring (bicyclic) bond motifs is 1. The van der Waals surface area contributed by atoms with E-state index in [1.807, 2.05) is 25.7 Å². The molecule has 0 aliphatic carbocycles. The van der Waals surface area contributed by atoms with E-state index in [-0.39, 0.29) is 17.7 Å². The fraction of sp³-hybridized carbons (Fsp3) is 0.400. The molecule has 1 aromatic heterocycles. The van der Waals surface area contributed by atoms with Crippen molar-refractivity contribution in [2.24, 2.45) is 0 Å². The minimum atomic E-state index is -0.216. The van der Waals surface area contributed by atoms with E-state index in [0.717, 1.165) is 55.7 Å². The Hall–Kier alpha value is -3.35. The molecule has 2 aromatic rings. The molecule has 0 atom stereocenters. The van der Waals surface area contributed by atoms with Gasteiger partial charge >= 0.3 is 0 Å². The molecule has 1 aromatic carbocycles. The molecule has 1 fully saturated rings. The third kappa shape index (κ3) is 4.07. The third-order valence-corrected chi connectivity index (χ3v) is 6.22. The first kappa shape index (κ1) is 21.9. The molecule has 2 aliphatic rings. The van der Waals surface area contributed by atoms with Gasteiger partial charge in [-0.3, -0.25) is 14.4 Å². The maximum atomic E-state index is 13.0. The van der Waals surface area contributed by atoms with Crippen LogP contribution >= 0.6 is 0 Å². The summed E-state index contributed by atoms with van der Waals surface area (Å²) in [5.41, 5.74) is 5.36. The summed E-state index contributed by atoms with van der Waals surface area (Å²) in [6.07, 6.45) is 5.85. The monoisotopic (exact) mass is 434 g/mol. The van der Waals surface area contributed by atoms with Crippen molar-refractivity contribution in [2.45, 2.75) is 46.5 Å². The van der Waals surface area contributed by atoms with E-state index < -0.39 is 0 Å². The van der Waals surface area contributed by atoms with Gasteiger partial charge in [-0.1, -0.05) is 6.92 Å². The summed E-state index contributed by atoms with van der Waals surface area (Å²) in [7, 11) is 0. The van der Waals surface area contributed by atoms with Crippen molar-refractivity contribution in [2.75, 3.05) is 25.0 Å². The Labute approximate surface area is 188 Å².